The molecule has 1 aromatic carbocycles. The molecule has 1 atom stereocenters. The Morgan fingerprint density at radius 2 is 2.00 bits per heavy atom. The van der Waals surface area contributed by atoms with Gasteiger partial charge in [-0.2, -0.15) is 0 Å². The van der Waals surface area contributed by atoms with E-state index >= 15 is 0 Å². The second-order valence-corrected chi connectivity index (χ2v) is 4.44. The smallest absolute Gasteiger partial charge is 0.139 e. The number of aliphatic hydroxyl groups is 1. The third-order valence-corrected chi connectivity index (χ3v) is 2.23. The molecule has 0 aliphatic rings. The highest BCUT2D eigenvalue weighted by Gasteiger charge is 2.14. The number of rotatable bonds is 1. The van der Waals surface area contributed by atoms with Gasteiger partial charge in [-0.15, -0.1) is 6.42 Å². The van der Waals surface area contributed by atoms with Crippen LogP contribution in [0, 0.1) is 12.3 Å². The van der Waals surface area contributed by atoms with Crippen LogP contribution in [0.15, 0.2) is 24.3 Å². The van der Waals surface area contributed by atoms with Crippen molar-refractivity contribution in [3.63, 3.8) is 0 Å². The topological polar surface area (TPSA) is 20.2 Å². The summed E-state index contributed by atoms with van der Waals surface area (Å²) in [5.74, 6) is 2.32. The van der Waals surface area contributed by atoms with Crippen molar-refractivity contribution in [2.45, 2.75) is 32.3 Å². The van der Waals surface area contributed by atoms with E-state index in [4.69, 9.17) is 6.42 Å². The third-order valence-electron chi connectivity index (χ3n) is 2.23. The Labute approximate surface area is 85.8 Å². The Hall–Kier alpha value is -1.26. The first-order valence-corrected chi connectivity index (χ1v) is 4.70. The Morgan fingerprint density at radius 3 is 2.50 bits per heavy atom. The molecule has 1 N–H and O–H groups in total. The van der Waals surface area contributed by atoms with Crippen molar-refractivity contribution in [3.8, 4) is 12.3 Å². The van der Waals surface area contributed by atoms with Crippen molar-refractivity contribution in [1.82, 2.24) is 0 Å². The van der Waals surface area contributed by atoms with E-state index in [1.807, 2.05) is 24.3 Å². The molecule has 1 unspecified atom stereocenters. The Bertz CT molecular complexity index is 352. The highest BCUT2D eigenvalue weighted by Crippen LogP contribution is 2.24. The molecule has 0 saturated heterocycles. The molecule has 0 radical (unpaired) electrons. The zero-order valence-corrected chi connectivity index (χ0v) is 8.91. The van der Waals surface area contributed by atoms with E-state index in [0.717, 1.165) is 5.56 Å². The highest BCUT2D eigenvalue weighted by atomic mass is 16.3. The lowest BCUT2D eigenvalue weighted by atomic mass is 9.86. The zero-order valence-electron chi connectivity index (χ0n) is 8.91. The Balaban J connectivity index is 3.09. The highest BCUT2D eigenvalue weighted by molar-refractivity contribution is 5.32. The molecule has 0 aliphatic carbocycles. The molecule has 74 valence electrons. The molecule has 0 spiro atoms. The first-order valence-electron chi connectivity index (χ1n) is 4.70. The SMILES string of the molecule is C#CC(O)c1cccc(C(C)(C)C)c1. The van der Waals surface area contributed by atoms with Gasteiger partial charge in [-0.1, -0.05) is 51.0 Å². The number of benzene rings is 1. The van der Waals surface area contributed by atoms with Crippen LogP contribution in [0.5, 0.6) is 0 Å². The van der Waals surface area contributed by atoms with Crippen LogP contribution in [0.25, 0.3) is 0 Å². The van der Waals surface area contributed by atoms with Gasteiger partial charge in [-0.25, -0.2) is 0 Å². The van der Waals surface area contributed by atoms with Crippen molar-refractivity contribution < 1.29 is 5.11 Å². The fraction of sp³-hybridized carbons (Fsp3) is 0.385. The lowest BCUT2D eigenvalue weighted by Crippen LogP contribution is -2.11. The largest absolute Gasteiger partial charge is 0.376 e. The monoisotopic (exact) mass is 188 g/mol. The van der Waals surface area contributed by atoms with E-state index in [2.05, 4.69) is 26.7 Å². The molecular weight excluding hydrogens is 172 g/mol. The van der Waals surface area contributed by atoms with Crippen molar-refractivity contribution in [1.29, 1.82) is 0 Å². The first-order chi connectivity index (χ1) is 6.45. The quantitative estimate of drug-likeness (QED) is 0.672. The lowest BCUT2D eigenvalue weighted by Gasteiger charge is -2.20. The van der Waals surface area contributed by atoms with Crippen LogP contribution >= 0.6 is 0 Å². The molecule has 1 nitrogen and oxygen atoms in total. The summed E-state index contributed by atoms with van der Waals surface area (Å²) >= 11 is 0. The average molecular weight is 188 g/mol. The maximum atomic E-state index is 9.48. The summed E-state index contributed by atoms with van der Waals surface area (Å²) in [5, 5.41) is 9.48. The molecule has 14 heavy (non-hydrogen) atoms. The summed E-state index contributed by atoms with van der Waals surface area (Å²) in [7, 11) is 0. The van der Waals surface area contributed by atoms with E-state index < -0.39 is 6.10 Å². The van der Waals surface area contributed by atoms with Crippen molar-refractivity contribution in [2.75, 3.05) is 0 Å². The summed E-state index contributed by atoms with van der Waals surface area (Å²) in [5.41, 5.74) is 2.06. The fourth-order valence-electron chi connectivity index (χ4n) is 1.27. The van der Waals surface area contributed by atoms with Crippen LogP contribution in [0.1, 0.15) is 38.0 Å². The molecule has 0 aliphatic heterocycles. The van der Waals surface area contributed by atoms with Crippen molar-refractivity contribution in [2.24, 2.45) is 0 Å². The fourth-order valence-corrected chi connectivity index (χ4v) is 1.27. The predicted octanol–water partition coefficient (Wildman–Crippen LogP) is 2.65. The van der Waals surface area contributed by atoms with Gasteiger partial charge in [0.2, 0.25) is 0 Å². The maximum absolute atomic E-state index is 9.48. The number of terminal acetylenes is 1. The summed E-state index contributed by atoms with van der Waals surface area (Å²) in [6.45, 7) is 6.40. The zero-order chi connectivity index (χ0) is 10.8. The summed E-state index contributed by atoms with van der Waals surface area (Å²) in [4.78, 5) is 0. The van der Waals surface area contributed by atoms with Crippen LogP contribution in [-0.4, -0.2) is 5.11 Å². The normalized spacial score (nSPS) is 13.4. The molecule has 0 heterocycles. The molecule has 0 amide bonds. The Morgan fingerprint density at radius 1 is 1.36 bits per heavy atom. The molecule has 0 fully saturated rings. The number of hydrogen-bond donors (Lipinski definition) is 1. The van der Waals surface area contributed by atoms with Gasteiger partial charge in [-0.05, 0) is 16.5 Å². The van der Waals surface area contributed by atoms with Crippen LogP contribution in [0.2, 0.25) is 0 Å². The van der Waals surface area contributed by atoms with E-state index in [0.29, 0.717) is 0 Å². The minimum absolute atomic E-state index is 0.0876. The van der Waals surface area contributed by atoms with Gasteiger partial charge >= 0.3 is 0 Å². The van der Waals surface area contributed by atoms with Gasteiger partial charge in [0.05, 0.1) is 0 Å². The van der Waals surface area contributed by atoms with Gasteiger partial charge in [-0.3, -0.25) is 0 Å². The summed E-state index contributed by atoms with van der Waals surface area (Å²) < 4.78 is 0. The second-order valence-electron chi connectivity index (χ2n) is 4.44. The first kappa shape index (κ1) is 10.8. The maximum Gasteiger partial charge on any atom is 0.139 e. The standard InChI is InChI=1S/C13H16O/c1-5-12(14)10-7-6-8-11(9-10)13(2,3)4/h1,6-9,12,14H,2-4H3. The van der Waals surface area contributed by atoms with Gasteiger partial charge in [0.1, 0.15) is 6.10 Å². The van der Waals surface area contributed by atoms with Crippen molar-refractivity contribution >= 4 is 0 Å². The molecule has 1 rings (SSSR count). The summed E-state index contributed by atoms with van der Waals surface area (Å²) in [6, 6.07) is 7.79. The predicted molar refractivity (Wildman–Crippen MR) is 58.9 cm³/mol. The number of hydrogen-bond acceptors (Lipinski definition) is 1. The average Bonchev–Trinajstić information content (AvgIpc) is 2.15. The molecule has 1 aromatic rings. The Kier molecular flexibility index (Phi) is 2.98. The van der Waals surface area contributed by atoms with Gasteiger partial charge < -0.3 is 5.11 Å². The minimum atomic E-state index is -0.794. The van der Waals surface area contributed by atoms with Crippen molar-refractivity contribution in [3.05, 3.63) is 35.4 Å². The van der Waals surface area contributed by atoms with E-state index in [-0.39, 0.29) is 5.41 Å². The second kappa shape index (κ2) is 3.86. The van der Waals surface area contributed by atoms with Crippen LogP contribution < -0.4 is 0 Å². The van der Waals surface area contributed by atoms with Crippen LogP contribution in [0.3, 0.4) is 0 Å². The molecule has 0 aromatic heterocycles. The molecule has 0 bridgehead atoms. The molecular formula is C13H16O. The van der Waals surface area contributed by atoms with E-state index in [1.54, 1.807) is 0 Å². The molecule has 0 saturated carbocycles. The lowest BCUT2D eigenvalue weighted by molar-refractivity contribution is 0.238. The van der Waals surface area contributed by atoms with E-state index in [9.17, 15) is 5.11 Å². The van der Waals surface area contributed by atoms with Gasteiger partial charge in [0.25, 0.3) is 0 Å². The third kappa shape index (κ3) is 2.37. The van der Waals surface area contributed by atoms with E-state index in [1.165, 1.54) is 5.56 Å². The van der Waals surface area contributed by atoms with Crippen LogP contribution in [-0.2, 0) is 5.41 Å². The number of aliphatic hydroxyl groups excluding tert-OH is 1. The van der Waals surface area contributed by atoms with Crippen LogP contribution in [0.4, 0.5) is 0 Å². The summed E-state index contributed by atoms with van der Waals surface area (Å²) in [6.07, 6.45) is 4.37. The minimum Gasteiger partial charge on any atom is -0.376 e. The molecule has 1 heteroatoms. The van der Waals surface area contributed by atoms with Gasteiger partial charge in [0, 0.05) is 0 Å². The van der Waals surface area contributed by atoms with Gasteiger partial charge in [0.15, 0.2) is 0 Å².